The van der Waals surface area contributed by atoms with Crippen LogP contribution in [0, 0.1) is 6.33 Å². The quantitative estimate of drug-likeness (QED) is 0.720. The van der Waals surface area contributed by atoms with Crippen LogP contribution >= 0.6 is 0 Å². The molecule has 1 radical (unpaired) electrons. The minimum absolute atomic E-state index is 0.141. The Morgan fingerprint density at radius 3 is 2.79 bits per heavy atom. The number of amides is 1. The fourth-order valence-electron chi connectivity index (χ4n) is 0.680. The second kappa shape index (κ2) is 4.03. The van der Waals surface area contributed by atoms with Gasteiger partial charge in [0.25, 0.3) is 0 Å². The van der Waals surface area contributed by atoms with Crippen molar-refractivity contribution in [3.8, 4) is 0 Å². The molecule has 1 heterocycles. The van der Waals surface area contributed by atoms with Crippen LogP contribution in [-0.2, 0) is 11.4 Å². The van der Waals surface area contributed by atoms with Gasteiger partial charge in [0.15, 0.2) is 0 Å². The van der Waals surface area contributed by atoms with Gasteiger partial charge in [-0.05, 0) is 31.2 Å². The Kier molecular flexibility index (Phi) is 3.00. The number of hydrogen-bond acceptors (Lipinski definition) is 5. The largest absolute Gasteiger partial charge is 0.444 e. The average Bonchev–Trinajstić information content (AvgIpc) is 2.49. The van der Waals surface area contributed by atoms with Crippen molar-refractivity contribution >= 4 is 6.09 Å². The Hall–Kier alpha value is -1.66. The average molecular weight is 198 g/mol. The molecule has 0 saturated carbocycles. The summed E-state index contributed by atoms with van der Waals surface area (Å²) in [6.07, 6.45) is 1.92. The number of nitrogens with one attached hydrogen (secondary N) is 1. The Balaban J connectivity index is 2.29. The SMILES string of the molecule is CC(C)(C)OC(=O)NCn1[c]nnn1. The topological polar surface area (TPSA) is 81.9 Å². The molecular weight excluding hydrogens is 186 g/mol. The second-order valence-corrected chi connectivity index (χ2v) is 3.62. The highest BCUT2D eigenvalue weighted by Crippen LogP contribution is 2.06. The van der Waals surface area contributed by atoms with Crippen LogP contribution in [0.3, 0.4) is 0 Å². The lowest BCUT2D eigenvalue weighted by molar-refractivity contribution is 0.0508. The molecule has 7 heteroatoms. The van der Waals surface area contributed by atoms with E-state index in [1.165, 1.54) is 4.68 Å². The maximum Gasteiger partial charge on any atom is 0.409 e. The van der Waals surface area contributed by atoms with Crippen LogP contribution in [0.2, 0.25) is 0 Å². The van der Waals surface area contributed by atoms with Crippen molar-refractivity contribution in [1.29, 1.82) is 0 Å². The van der Waals surface area contributed by atoms with Gasteiger partial charge < -0.3 is 10.1 Å². The summed E-state index contributed by atoms with van der Waals surface area (Å²) in [5.41, 5.74) is -0.506. The molecule has 0 saturated heterocycles. The number of nitrogens with zero attached hydrogens (tertiary/aromatic N) is 4. The lowest BCUT2D eigenvalue weighted by Gasteiger charge is -2.19. The molecule has 0 bridgehead atoms. The van der Waals surface area contributed by atoms with E-state index in [0.717, 1.165) is 0 Å². The summed E-state index contributed by atoms with van der Waals surface area (Å²) in [6, 6.07) is 0. The van der Waals surface area contributed by atoms with E-state index >= 15 is 0 Å². The van der Waals surface area contributed by atoms with Crippen molar-refractivity contribution in [3.05, 3.63) is 6.33 Å². The molecule has 0 aliphatic carbocycles. The third-order valence-electron chi connectivity index (χ3n) is 1.12. The van der Waals surface area contributed by atoms with Crippen molar-refractivity contribution in [2.45, 2.75) is 33.0 Å². The molecular formula is C7H12N5O2. The Morgan fingerprint density at radius 2 is 2.29 bits per heavy atom. The first-order valence-electron chi connectivity index (χ1n) is 4.08. The summed E-state index contributed by atoms with van der Waals surface area (Å²) in [5, 5.41) is 12.6. The van der Waals surface area contributed by atoms with Gasteiger partial charge in [0.2, 0.25) is 6.33 Å². The molecule has 0 atom stereocenters. The van der Waals surface area contributed by atoms with Crippen LogP contribution in [0.1, 0.15) is 20.8 Å². The van der Waals surface area contributed by atoms with Gasteiger partial charge in [0, 0.05) is 0 Å². The zero-order valence-electron chi connectivity index (χ0n) is 8.31. The zero-order chi connectivity index (χ0) is 10.6. The highest BCUT2D eigenvalue weighted by Gasteiger charge is 2.15. The van der Waals surface area contributed by atoms with E-state index in [1.807, 2.05) is 0 Å². The van der Waals surface area contributed by atoms with Gasteiger partial charge in [0.05, 0.1) is 0 Å². The van der Waals surface area contributed by atoms with Gasteiger partial charge in [-0.25, -0.2) is 9.48 Å². The van der Waals surface area contributed by atoms with Crippen molar-refractivity contribution < 1.29 is 9.53 Å². The zero-order valence-corrected chi connectivity index (χ0v) is 8.31. The molecule has 0 aromatic carbocycles. The number of hydrogen-bond donors (Lipinski definition) is 1. The molecule has 1 aromatic rings. The fraction of sp³-hybridized carbons (Fsp3) is 0.714. The predicted octanol–water partition coefficient (Wildman–Crippen LogP) is -0.0445. The predicted molar refractivity (Wildman–Crippen MR) is 46.0 cm³/mol. The van der Waals surface area contributed by atoms with Crippen molar-refractivity contribution in [3.63, 3.8) is 0 Å². The minimum Gasteiger partial charge on any atom is -0.444 e. The van der Waals surface area contributed by atoms with Crippen LogP contribution < -0.4 is 5.32 Å². The van der Waals surface area contributed by atoms with Gasteiger partial charge in [-0.15, -0.1) is 5.10 Å². The number of aromatic nitrogens is 4. The molecule has 1 N–H and O–H groups in total. The first kappa shape index (κ1) is 10.4. The van der Waals surface area contributed by atoms with Crippen LogP contribution in [-0.4, -0.2) is 31.9 Å². The Bertz CT molecular complexity index is 290. The second-order valence-electron chi connectivity index (χ2n) is 3.62. The van der Waals surface area contributed by atoms with Gasteiger partial charge in [-0.3, -0.25) is 0 Å². The monoisotopic (exact) mass is 198 g/mol. The lowest BCUT2D eigenvalue weighted by Crippen LogP contribution is -2.33. The summed E-state index contributed by atoms with van der Waals surface area (Å²) in [4.78, 5) is 11.1. The molecule has 77 valence electrons. The minimum atomic E-state index is -0.513. The number of tetrazole rings is 1. The third-order valence-corrected chi connectivity index (χ3v) is 1.12. The molecule has 0 fully saturated rings. The summed E-state index contributed by atoms with van der Waals surface area (Å²) in [5.74, 6) is 0. The van der Waals surface area contributed by atoms with Crippen LogP contribution in [0.15, 0.2) is 0 Å². The molecule has 0 unspecified atom stereocenters. The molecule has 0 spiro atoms. The number of ether oxygens (including phenoxy) is 1. The van der Waals surface area contributed by atoms with Crippen LogP contribution in [0.4, 0.5) is 4.79 Å². The summed E-state index contributed by atoms with van der Waals surface area (Å²) in [7, 11) is 0. The smallest absolute Gasteiger partial charge is 0.409 e. The van der Waals surface area contributed by atoms with E-state index in [9.17, 15) is 4.79 Å². The third kappa shape index (κ3) is 3.83. The van der Waals surface area contributed by atoms with Crippen molar-refractivity contribution in [1.82, 2.24) is 25.5 Å². The van der Waals surface area contributed by atoms with Gasteiger partial charge >= 0.3 is 6.09 Å². The maximum atomic E-state index is 11.1. The van der Waals surface area contributed by atoms with Crippen molar-refractivity contribution in [2.75, 3.05) is 0 Å². The first-order chi connectivity index (χ1) is 6.47. The Morgan fingerprint density at radius 1 is 1.57 bits per heavy atom. The lowest BCUT2D eigenvalue weighted by atomic mass is 10.2. The van der Waals surface area contributed by atoms with E-state index in [0.29, 0.717) is 0 Å². The van der Waals surface area contributed by atoms with E-state index in [2.05, 4.69) is 27.2 Å². The number of alkyl carbamates (subject to hydrolysis) is 1. The van der Waals surface area contributed by atoms with E-state index in [4.69, 9.17) is 4.74 Å². The van der Waals surface area contributed by atoms with Crippen LogP contribution in [0.25, 0.3) is 0 Å². The molecule has 1 rings (SSSR count). The maximum absolute atomic E-state index is 11.1. The fourth-order valence-corrected chi connectivity index (χ4v) is 0.680. The van der Waals surface area contributed by atoms with E-state index in [1.54, 1.807) is 20.8 Å². The van der Waals surface area contributed by atoms with Crippen LogP contribution in [0.5, 0.6) is 0 Å². The molecule has 1 aromatic heterocycles. The first-order valence-corrected chi connectivity index (χ1v) is 4.08. The van der Waals surface area contributed by atoms with Crippen molar-refractivity contribution in [2.24, 2.45) is 0 Å². The molecule has 14 heavy (non-hydrogen) atoms. The van der Waals surface area contributed by atoms with Gasteiger partial charge in [-0.1, -0.05) is 0 Å². The molecule has 0 aliphatic rings. The summed E-state index contributed by atoms with van der Waals surface area (Å²) in [6.45, 7) is 5.50. The Labute approximate surface area is 81.4 Å². The number of rotatable bonds is 2. The molecule has 7 nitrogen and oxygen atoms in total. The number of carbonyl (C=O) groups is 1. The normalized spacial score (nSPS) is 11.1. The van der Waals surface area contributed by atoms with E-state index in [-0.39, 0.29) is 6.67 Å². The highest BCUT2D eigenvalue weighted by molar-refractivity contribution is 5.67. The number of carbonyl (C=O) groups excluding carboxylic acids is 1. The molecule has 0 aliphatic heterocycles. The van der Waals surface area contributed by atoms with Gasteiger partial charge in [0.1, 0.15) is 12.3 Å². The summed E-state index contributed by atoms with van der Waals surface area (Å²) < 4.78 is 6.24. The van der Waals surface area contributed by atoms with Gasteiger partial charge in [-0.2, -0.15) is 0 Å². The summed E-state index contributed by atoms with van der Waals surface area (Å²) >= 11 is 0. The standard InChI is InChI=1S/C7H12N5O2/c1-7(2,3)14-6(13)8-4-12-5-9-10-11-12/h4H2,1-3H3,(H,8,13). The highest BCUT2D eigenvalue weighted by atomic mass is 16.6. The molecule has 1 amide bonds. The van der Waals surface area contributed by atoms with E-state index < -0.39 is 11.7 Å².